The molecule has 2 aliphatic carbocycles. The number of hydrogen-bond acceptors (Lipinski definition) is 6. The van der Waals surface area contributed by atoms with E-state index >= 15 is 0 Å². The van der Waals surface area contributed by atoms with E-state index in [1.807, 2.05) is 20.8 Å². The highest BCUT2D eigenvalue weighted by Crippen LogP contribution is 2.58. The summed E-state index contributed by atoms with van der Waals surface area (Å²) in [6, 6.07) is 159. The Morgan fingerprint density at radius 3 is 0.833 bits per heavy atom. The van der Waals surface area contributed by atoms with Crippen molar-refractivity contribution in [2.75, 3.05) is 0 Å². The molecule has 2 aliphatic rings. The average Bonchev–Trinajstić information content (AvgIpc) is 1.52. The van der Waals surface area contributed by atoms with Crippen LogP contribution >= 0.6 is 0 Å². The lowest BCUT2D eigenvalue weighted by Gasteiger charge is -2.36. The van der Waals surface area contributed by atoms with Crippen LogP contribution in [0.4, 0.5) is 0 Å². The maximum atomic E-state index is 5.03. The third kappa shape index (κ3) is 16.1. The van der Waals surface area contributed by atoms with E-state index in [0.29, 0.717) is 0 Å². The Bertz CT molecular complexity index is 8630. The van der Waals surface area contributed by atoms with Gasteiger partial charge in [-0.2, -0.15) is 0 Å². The van der Waals surface area contributed by atoms with Crippen LogP contribution in [0.15, 0.2) is 437 Å². The smallest absolute Gasteiger partial charge is 0.0974 e. The molecule has 1 spiro atoms. The minimum Gasteiger partial charge on any atom is -0.251 e. The van der Waals surface area contributed by atoms with Crippen LogP contribution in [0.1, 0.15) is 77.4 Å². The zero-order valence-corrected chi connectivity index (χ0v) is 78.3. The molecule has 23 aromatic rings. The van der Waals surface area contributed by atoms with Crippen molar-refractivity contribution in [3.63, 3.8) is 0 Å². The van der Waals surface area contributed by atoms with Crippen molar-refractivity contribution in [1.82, 2.24) is 29.9 Å². The fraction of sp³-hybridized carbons (Fsp3) is 0.0909. The molecule has 1 saturated carbocycles. The molecule has 6 heteroatoms. The van der Waals surface area contributed by atoms with Gasteiger partial charge in [0.2, 0.25) is 0 Å². The van der Waals surface area contributed by atoms with Gasteiger partial charge in [0.1, 0.15) is 0 Å². The van der Waals surface area contributed by atoms with Gasteiger partial charge >= 0.3 is 0 Å². The molecule has 17 aromatic carbocycles. The molecule has 0 amide bonds. The van der Waals surface area contributed by atoms with Crippen LogP contribution < -0.4 is 0 Å². The molecule has 0 unspecified atom stereocenters. The van der Waals surface area contributed by atoms with Gasteiger partial charge < -0.3 is 0 Å². The Balaban J connectivity index is 0.000000117. The van der Waals surface area contributed by atoms with Crippen molar-refractivity contribution >= 4 is 65.4 Å². The monoisotopic (exact) mass is 1770 g/mol. The topological polar surface area (TPSA) is 77.3 Å². The van der Waals surface area contributed by atoms with Crippen LogP contribution in [-0.4, -0.2) is 29.9 Å². The molecule has 0 aliphatic heterocycles. The molecule has 138 heavy (non-hydrogen) atoms. The van der Waals surface area contributed by atoms with Gasteiger partial charge in [-0.3, -0.25) is 29.9 Å². The third-order valence-corrected chi connectivity index (χ3v) is 28.2. The minimum absolute atomic E-state index is 0.169. The number of aromatic nitrogens is 6. The van der Waals surface area contributed by atoms with Crippen molar-refractivity contribution in [1.29, 1.82) is 0 Å². The quantitative estimate of drug-likeness (QED) is 0.107. The van der Waals surface area contributed by atoms with Gasteiger partial charge in [-0.1, -0.05) is 377 Å². The van der Waals surface area contributed by atoms with Gasteiger partial charge in [0.05, 0.1) is 33.1 Å². The maximum Gasteiger partial charge on any atom is 0.0974 e. The molecule has 6 heterocycles. The number of pyridine rings is 6. The first kappa shape index (κ1) is 85.4. The molecular formula is C132H100N6. The SMILES string of the molecule is Cc1ccc2ccc3c(-c4cccc(-c5cc(-c6ccccc6)c(-c6ccccc6)c(-c6ccccc6)c5-c5ccccc5)c4)cc(C)nc3c2n1.Cc1ccc2ccc3c(-c4cccc(-c5cc(-c6ccccc6)c(-c6ccccc6)cc5-c5ccccc5)c4)cc(C)nc3c2n1.Cc1ccc2ccc3c(-c4cccc(-c5ccc6c(c5)C5(CCCCC5)c5ccccc5-6)c4)cc(C)nc3c2n1. The lowest BCUT2D eigenvalue weighted by atomic mass is 9.67. The molecule has 25 rings (SSSR count). The standard InChI is InChI=1S/C50H36N2.C44H32N2.C38H32N2/c1-33-26-27-39-28-29-42-43(30-34(2)52-50(42)49(39)51-33)40-24-15-25-41(31-40)45-32-44(35-16-7-3-8-17-35)46(36-18-9-4-10-19-36)48(38-22-13-6-14-23-38)47(45)37-20-11-5-12-21-37;1-29-21-22-34-23-24-37-38(25-30(2)46-44(37)43(34)45-29)35-19-12-20-36(26-35)42-28-40(32-15-8-4-9-16-32)39(31-13-6-3-7-14-31)27-41(42)33-17-10-5-11-18-33;1-24-13-14-26-15-18-32-33(21-25(2)40-37(32)36(26)39-24)29-10-8-9-27(22-29)28-16-17-31-30-11-4-5-12-34(30)38(35(31)23-28)19-6-3-7-20-38/h3-32H,1-2H3;3-28H,1-2H3;4-5,8-18,21-23H,3,6-7,19-20H2,1-2H3. The summed E-state index contributed by atoms with van der Waals surface area (Å²) in [5.41, 5.74) is 49.0. The highest BCUT2D eigenvalue weighted by atomic mass is 14.8. The lowest BCUT2D eigenvalue weighted by Crippen LogP contribution is -2.28. The van der Waals surface area contributed by atoms with Gasteiger partial charge in [0, 0.05) is 71.9 Å². The van der Waals surface area contributed by atoms with Gasteiger partial charge in [0.25, 0.3) is 0 Å². The number of rotatable bonds is 13. The lowest BCUT2D eigenvalue weighted by molar-refractivity contribution is 0.353. The molecule has 1 fully saturated rings. The van der Waals surface area contributed by atoms with E-state index in [1.165, 1.54) is 171 Å². The van der Waals surface area contributed by atoms with Gasteiger partial charge in [-0.05, 0) is 300 Å². The summed E-state index contributed by atoms with van der Waals surface area (Å²) in [5, 5.41) is 6.71. The van der Waals surface area contributed by atoms with E-state index in [4.69, 9.17) is 29.9 Å². The van der Waals surface area contributed by atoms with E-state index in [9.17, 15) is 0 Å². The summed E-state index contributed by atoms with van der Waals surface area (Å²) in [7, 11) is 0. The molecule has 6 aromatic heterocycles. The van der Waals surface area contributed by atoms with Gasteiger partial charge in [0.15, 0.2) is 0 Å². The molecule has 0 N–H and O–H groups in total. The van der Waals surface area contributed by atoms with Crippen LogP contribution in [0, 0.1) is 41.5 Å². The number of nitrogens with zero attached hydrogens (tertiary/aromatic N) is 6. The largest absolute Gasteiger partial charge is 0.251 e. The second kappa shape index (κ2) is 36.5. The highest BCUT2D eigenvalue weighted by molar-refractivity contribution is 6.13. The van der Waals surface area contributed by atoms with E-state index in [0.717, 1.165) is 122 Å². The average molecular weight is 1770 g/mol. The molecule has 0 saturated heterocycles. The van der Waals surface area contributed by atoms with Crippen LogP contribution in [0.5, 0.6) is 0 Å². The summed E-state index contributed by atoms with van der Waals surface area (Å²) in [4.78, 5) is 29.7. The van der Waals surface area contributed by atoms with Crippen LogP contribution in [-0.2, 0) is 5.41 Å². The number of aryl methyl sites for hydroxylation is 6. The molecule has 658 valence electrons. The second-order valence-corrected chi connectivity index (χ2v) is 37.2. The zero-order chi connectivity index (χ0) is 92.9. The predicted octanol–water partition coefficient (Wildman–Crippen LogP) is 35.1. The Labute approximate surface area is 806 Å². The fourth-order valence-electron chi connectivity index (χ4n) is 21.8. The van der Waals surface area contributed by atoms with Crippen molar-refractivity contribution in [3.05, 3.63) is 482 Å². The van der Waals surface area contributed by atoms with Gasteiger partial charge in [-0.25, -0.2) is 0 Å². The summed E-state index contributed by atoms with van der Waals surface area (Å²) < 4.78 is 0. The van der Waals surface area contributed by atoms with Crippen molar-refractivity contribution in [2.45, 2.75) is 79.1 Å². The maximum absolute atomic E-state index is 5.03. The van der Waals surface area contributed by atoms with Crippen LogP contribution in [0.3, 0.4) is 0 Å². The first-order valence-corrected chi connectivity index (χ1v) is 48.2. The highest BCUT2D eigenvalue weighted by Gasteiger charge is 2.44. The van der Waals surface area contributed by atoms with E-state index < -0.39 is 0 Å². The molecule has 0 bridgehead atoms. The Kier molecular flexibility index (Phi) is 22.6. The number of benzene rings is 17. The molecular weight excluding hydrogens is 1670 g/mol. The van der Waals surface area contributed by atoms with Crippen molar-refractivity contribution in [2.24, 2.45) is 0 Å². The van der Waals surface area contributed by atoms with E-state index in [-0.39, 0.29) is 5.41 Å². The summed E-state index contributed by atoms with van der Waals surface area (Å²) in [5.74, 6) is 0. The fourth-order valence-corrected chi connectivity index (χ4v) is 21.8. The van der Waals surface area contributed by atoms with Crippen LogP contribution in [0.2, 0.25) is 0 Å². The summed E-state index contributed by atoms with van der Waals surface area (Å²) >= 11 is 0. The molecule has 6 nitrogen and oxygen atoms in total. The number of hydrogen-bond donors (Lipinski definition) is 0. The third-order valence-electron chi connectivity index (χ3n) is 28.2. The first-order chi connectivity index (χ1) is 67.8. The normalized spacial score (nSPS) is 12.5. The second-order valence-electron chi connectivity index (χ2n) is 37.2. The Hall–Kier alpha value is -16.8. The van der Waals surface area contributed by atoms with Crippen LogP contribution in [0.25, 0.3) is 221 Å². The predicted molar refractivity (Wildman–Crippen MR) is 580 cm³/mol. The zero-order valence-electron chi connectivity index (χ0n) is 78.3. The van der Waals surface area contributed by atoms with Crippen molar-refractivity contribution in [3.8, 4) is 156 Å². The minimum atomic E-state index is 0.169. The van der Waals surface area contributed by atoms with E-state index in [2.05, 4.69) is 458 Å². The molecule has 0 atom stereocenters. The summed E-state index contributed by atoms with van der Waals surface area (Å²) in [6.45, 7) is 12.4. The van der Waals surface area contributed by atoms with Gasteiger partial charge in [-0.15, -0.1) is 0 Å². The summed E-state index contributed by atoms with van der Waals surface area (Å²) in [6.07, 6.45) is 6.48. The Morgan fingerprint density at radius 2 is 0.435 bits per heavy atom. The molecule has 0 radical (unpaired) electrons. The number of fused-ring (bicyclic) bond motifs is 14. The Morgan fingerprint density at radius 1 is 0.159 bits per heavy atom. The van der Waals surface area contributed by atoms with Crippen molar-refractivity contribution < 1.29 is 0 Å². The van der Waals surface area contributed by atoms with E-state index in [1.54, 1.807) is 5.56 Å². The first-order valence-electron chi connectivity index (χ1n) is 48.2.